The zero-order valence-corrected chi connectivity index (χ0v) is 28.6. The topological polar surface area (TPSA) is 86.7 Å². The minimum atomic E-state index is -4.66. The predicted molar refractivity (Wildman–Crippen MR) is 174 cm³/mol. The maximum absolute atomic E-state index is 13.4. The van der Waals surface area contributed by atoms with Crippen molar-refractivity contribution in [3.8, 4) is 11.5 Å². The summed E-state index contributed by atoms with van der Waals surface area (Å²) in [6.07, 6.45) is -10.2. The Kier molecular flexibility index (Phi) is 11.6. The number of benzene rings is 4. The zero-order chi connectivity index (χ0) is 39.6. The molecule has 0 unspecified atom stereocenters. The van der Waals surface area contributed by atoms with Crippen molar-refractivity contribution in [1.29, 1.82) is 0 Å². The van der Waals surface area contributed by atoms with Gasteiger partial charge in [-0.3, -0.25) is 19.2 Å². The van der Waals surface area contributed by atoms with Gasteiger partial charge in [0.15, 0.2) is 23.1 Å². The average molecular weight is 805 g/mol. The van der Waals surface area contributed by atoms with E-state index >= 15 is 0 Å². The Hall–Kier alpha value is -4.84. The molecule has 0 fully saturated rings. The second kappa shape index (κ2) is 15.5. The third-order valence-electron chi connectivity index (χ3n) is 7.63. The van der Waals surface area contributed by atoms with Crippen molar-refractivity contribution < 1.29 is 72.6 Å². The Morgan fingerprint density at radius 1 is 0.463 bits per heavy atom. The number of rotatable bonds is 10. The molecule has 0 atom stereocenters. The molecule has 2 aliphatic heterocycles. The third kappa shape index (κ3) is 9.09. The van der Waals surface area contributed by atoms with Gasteiger partial charge in [-0.15, -0.1) is 0 Å². The summed E-state index contributed by atoms with van der Waals surface area (Å²) >= 11 is -0.781. The molecule has 0 spiro atoms. The summed E-state index contributed by atoms with van der Waals surface area (Å²) in [5.41, 5.74) is 0.329. The van der Waals surface area contributed by atoms with Gasteiger partial charge in [-0.1, -0.05) is 12.1 Å². The van der Waals surface area contributed by atoms with Crippen molar-refractivity contribution in [3.63, 3.8) is 0 Å². The van der Waals surface area contributed by atoms with Gasteiger partial charge in [0.25, 0.3) is 0 Å². The molecule has 2 heterocycles. The van der Waals surface area contributed by atoms with E-state index in [-0.39, 0.29) is 75.3 Å². The number of ether oxygens (including phenoxy) is 2. The largest absolute Gasteiger partial charge is 0.475 e. The number of halogens is 10. The van der Waals surface area contributed by atoms with Crippen molar-refractivity contribution in [3.05, 3.63) is 119 Å². The fraction of sp³-hybridized carbons (Fsp3) is 0.222. The Morgan fingerprint density at radius 2 is 0.833 bits per heavy atom. The van der Waals surface area contributed by atoms with E-state index in [4.69, 9.17) is 0 Å². The van der Waals surface area contributed by atoms with Crippen LogP contribution in [0, 0.1) is 11.6 Å². The molecule has 18 heteroatoms. The molecule has 4 aromatic carbocycles. The fourth-order valence-electron chi connectivity index (χ4n) is 4.81. The van der Waals surface area contributed by atoms with Gasteiger partial charge in [-0.25, -0.2) is 8.78 Å². The number of alkyl halides is 8. The van der Waals surface area contributed by atoms with E-state index in [1.807, 2.05) is 0 Å². The highest BCUT2D eigenvalue weighted by atomic mass is 32.2. The molecule has 284 valence electrons. The van der Waals surface area contributed by atoms with Crippen molar-refractivity contribution in [1.82, 2.24) is 0 Å². The monoisotopic (exact) mass is 804 g/mol. The molecule has 0 saturated carbocycles. The standard InChI is InChI=1S/2C18H11F5O3S/c19-12-4-1-10(2-5-12)13(24)6-7-14(25)11-3-8-15-16(9-11)27-18(22,23)17(20,21)26-15;19-12-3-1-2-10(8-12)13(24)5-6-14(25)11-4-7-15-16(9-11)27-18(22,23)17(20,21)26-15/h1-5,8-9H,6-7H2;1-4,7-9H,5-6H2. The molecular weight excluding hydrogens is 783 g/mol. The predicted octanol–water partition coefficient (Wildman–Crippen LogP) is 10.7. The highest BCUT2D eigenvalue weighted by Gasteiger charge is 2.64. The van der Waals surface area contributed by atoms with Crippen LogP contribution in [-0.2, 0) is 0 Å². The van der Waals surface area contributed by atoms with Crippen LogP contribution in [-0.4, -0.2) is 45.9 Å². The smallest absolute Gasteiger partial charge is 0.426 e. The maximum Gasteiger partial charge on any atom is 0.475 e. The van der Waals surface area contributed by atoms with Crippen molar-refractivity contribution >= 4 is 46.7 Å². The van der Waals surface area contributed by atoms with Crippen LogP contribution in [0.1, 0.15) is 67.1 Å². The maximum atomic E-state index is 13.4. The number of ketones is 4. The Labute approximate surface area is 307 Å². The quantitative estimate of drug-likeness (QED) is 0.116. The lowest BCUT2D eigenvalue weighted by molar-refractivity contribution is -0.273. The first-order valence-corrected chi connectivity index (χ1v) is 17.0. The lowest BCUT2D eigenvalue weighted by atomic mass is 10.0. The molecule has 6 nitrogen and oxygen atoms in total. The number of hydrogen-bond donors (Lipinski definition) is 0. The van der Waals surface area contributed by atoms with Gasteiger partial charge in [0, 0.05) is 47.9 Å². The SMILES string of the molecule is O=C(CCC(=O)c1ccc2c(c1)SC(F)(F)C(F)(F)O2)c1ccc(F)cc1.O=C(CCC(=O)c1ccc2c(c1)SC(F)(F)C(F)(F)O2)c1cccc(F)c1. The van der Waals surface area contributed by atoms with Gasteiger partial charge in [-0.2, -0.15) is 35.1 Å². The third-order valence-corrected chi connectivity index (χ3v) is 9.70. The summed E-state index contributed by atoms with van der Waals surface area (Å²) in [5.74, 6) is -3.89. The van der Waals surface area contributed by atoms with Crippen LogP contribution >= 0.6 is 23.5 Å². The summed E-state index contributed by atoms with van der Waals surface area (Å²) in [4.78, 5) is 47.8. The number of carbonyl (C=O) groups is 4. The minimum Gasteiger partial charge on any atom is -0.426 e. The molecule has 2 aliphatic rings. The summed E-state index contributed by atoms with van der Waals surface area (Å²) in [7, 11) is 0. The minimum absolute atomic E-state index is 0.00206. The number of Topliss-reactive ketones (excluding diaryl/α,β-unsaturated/α-hetero) is 4. The van der Waals surface area contributed by atoms with Crippen molar-refractivity contribution in [2.24, 2.45) is 0 Å². The van der Waals surface area contributed by atoms with Crippen molar-refractivity contribution in [2.45, 2.75) is 58.2 Å². The number of carbonyl (C=O) groups excluding carboxylic acids is 4. The molecule has 0 saturated heterocycles. The number of fused-ring (bicyclic) bond motifs is 2. The van der Waals surface area contributed by atoms with E-state index < -0.39 is 75.0 Å². The van der Waals surface area contributed by atoms with Gasteiger partial charge in [0.2, 0.25) is 0 Å². The molecule has 0 bridgehead atoms. The Morgan fingerprint density at radius 3 is 1.24 bits per heavy atom. The van der Waals surface area contributed by atoms with E-state index in [0.29, 0.717) is 0 Å². The van der Waals surface area contributed by atoms with E-state index in [9.17, 15) is 63.1 Å². The molecule has 0 radical (unpaired) electrons. The molecule has 4 aromatic rings. The van der Waals surface area contributed by atoms with Crippen LogP contribution in [0.3, 0.4) is 0 Å². The average Bonchev–Trinajstić information content (AvgIpc) is 3.10. The fourth-order valence-corrected chi connectivity index (χ4v) is 6.48. The second-order valence-corrected chi connectivity index (χ2v) is 13.8. The number of thioether (sulfide) groups is 2. The highest BCUT2D eigenvalue weighted by Crippen LogP contribution is 2.55. The van der Waals surface area contributed by atoms with Gasteiger partial charge < -0.3 is 9.47 Å². The lowest BCUT2D eigenvalue weighted by Crippen LogP contribution is -2.45. The molecular formula is C36H22F10O6S2. The second-order valence-electron chi connectivity index (χ2n) is 11.5. The van der Waals surface area contributed by atoms with Crippen LogP contribution in [0.4, 0.5) is 43.9 Å². The normalized spacial score (nSPS) is 16.9. The summed E-state index contributed by atoms with van der Waals surface area (Å²) < 4.78 is 140. The van der Waals surface area contributed by atoms with Crippen LogP contribution in [0.2, 0.25) is 0 Å². The van der Waals surface area contributed by atoms with Crippen LogP contribution in [0.25, 0.3) is 0 Å². The lowest BCUT2D eigenvalue weighted by Gasteiger charge is -2.31. The molecule has 0 aliphatic carbocycles. The molecule has 0 N–H and O–H groups in total. The van der Waals surface area contributed by atoms with Crippen LogP contribution in [0.5, 0.6) is 11.5 Å². The number of hydrogen-bond acceptors (Lipinski definition) is 8. The van der Waals surface area contributed by atoms with E-state index in [2.05, 4.69) is 9.47 Å². The molecule has 6 rings (SSSR count). The summed E-state index contributed by atoms with van der Waals surface area (Å²) in [6.45, 7) is 0. The van der Waals surface area contributed by atoms with Crippen molar-refractivity contribution in [2.75, 3.05) is 0 Å². The first-order chi connectivity index (χ1) is 25.2. The van der Waals surface area contributed by atoms with Gasteiger partial charge in [-0.05, 0) is 96.3 Å². The zero-order valence-electron chi connectivity index (χ0n) is 27.0. The van der Waals surface area contributed by atoms with Gasteiger partial charge in [0.05, 0.1) is 9.79 Å². The molecule has 0 amide bonds. The van der Waals surface area contributed by atoms with Crippen LogP contribution < -0.4 is 9.47 Å². The summed E-state index contributed by atoms with van der Waals surface area (Å²) in [5, 5.41) is -8.95. The summed E-state index contributed by atoms with van der Waals surface area (Å²) in [6, 6.07) is 16.2. The Balaban J connectivity index is 0.000000208. The first kappa shape index (κ1) is 40.3. The molecule has 54 heavy (non-hydrogen) atoms. The highest BCUT2D eigenvalue weighted by molar-refractivity contribution is 8.00. The van der Waals surface area contributed by atoms with E-state index in [0.717, 1.165) is 48.5 Å². The molecule has 0 aromatic heterocycles. The van der Waals surface area contributed by atoms with Gasteiger partial charge >= 0.3 is 22.7 Å². The first-order valence-electron chi connectivity index (χ1n) is 15.4. The van der Waals surface area contributed by atoms with E-state index in [1.165, 1.54) is 36.4 Å². The van der Waals surface area contributed by atoms with Crippen LogP contribution in [0.15, 0.2) is 94.7 Å². The Bertz CT molecular complexity index is 2110. The van der Waals surface area contributed by atoms with E-state index in [1.54, 1.807) is 0 Å². The van der Waals surface area contributed by atoms with Gasteiger partial charge in [0.1, 0.15) is 23.1 Å².